The van der Waals surface area contributed by atoms with Crippen molar-refractivity contribution >= 4 is 46.9 Å². The number of halogens is 1. The number of nitrogens with zero attached hydrogens (tertiary/aromatic N) is 3. The second-order valence-electron chi connectivity index (χ2n) is 11.5. The number of aromatic nitrogens is 3. The molecule has 0 bridgehead atoms. The molecule has 0 atom stereocenters. The molecule has 0 spiro atoms. The molecule has 4 aromatic carbocycles. The lowest BCUT2D eigenvalue weighted by Gasteiger charge is -2.12. The summed E-state index contributed by atoms with van der Waals surface area (Å²) in [5.74, 6) is -1.88. The minimum Gasteiger partial charge on any atom is -0.507 e. The van der Waals surface area contributed by atoms with Crippen molar-refractivity contribution in [2.45, 2.75) is 19.4 Å². The van der Waals surface area contributed by atoms with Crippen molar-refractivity contribution in [1.82, 2.24) is 20.3 Å². The van der Waals surface area contributed by atoms with Crippen molar-refractivity contribution in [3.8, 4) is 5.75 Å². The molecule has 0 saturated heterocycles. The van der Waals surface area contributed by atoms with E-state index in [0.717, 1.165) is 5.56 Å². The number of nitrogens with one attached hydrogen (secondary N) is 4. The Kier molecular flexibility index (Phi) is 13.7. The van der Waals surface area contributed by atoms with Crippen molar-refractivity contribution in [3.63, 3.8) is 0 Å². The number of ether oxygens (including phenoxy) is 2. The Balaban J connectivity index is 1.14. The fourth-order valence-electron chi connectivity index (χ4n) is 4.86. The molecule has 1 heterocycles. The lowest BCUT2D eigenvalue weighted by molar-refractivity contribution is 0.0497. The molecule has 0 aliphatic rings. The molecule has 0 radical (unpaired) electrons. The van der Waals surface area contributed by atoms with Gasteiger partial charge in [0, 0.05) is 48.6 Å². The van der Waals surface area contributed by atoms with Crippen molar-refractivity contribution in [3.05, 3.63) is 125 Å². The number of hydrogen-bond donors (Lipinski definition) is 6. The van der Waals surface area contributed by atoms with E-state index in [4.69, 9.17) is 9.47 Å². The maximum Gasteiger partial charge on any atom is 0.339 e. The monoisotopic (exact) mass is 723 g/mol. The smallest absolute Gasteiger partial charge is 0.339 e. The van der Waals surface area contributed by atoms with E-state index in [1.54, 1.807) is 48.5 Å². The predicted octanol–water partition coefficient (Wildman–Crippen LogP) is 5.94. The van der Waals surface area contributed by atoms with Crippen molar-refractivity contribution < 1.29 is 38.5 Å². The number of aromatic carboxylic acids is 1. The van der Waals surface area contributed by atoms with E-state index in [0.29, 0.717) is 68.3 Å². The number of carboxylic acids is 1. The van der Waals surface area contributed by atoms with E-state index in [1.807, 2.05) is 18.2 Å². The number of ketones is 1. The summed E-state index contributed by atoms with van der Waals surface area (Å²) in [7, 11) is 0. The molecular formula is C38H38FN7O7. The molecule has 0 aliphatic carbocycles. The van der Waals surface area contributed by atoms with Gasteiger partial charge in [-0.05, 0) is 66.6 Å². The number of carboxylic acid groups (broad SMARTS) is 1. The zero-order valence-electron chi connectivity index (χ0n) is 28.5. The fraction of sp³-hybridized carbons (Fsp3) is 0.211. The Hall–Kier alpha value is -6.45. The van der Waals surface area contributed by atoms with Gasteiger partial charge in [-0.3, -0.25) is 9.59 Å². The van der Waals surface area contributed by atoms with Crippen LogP contribution in [0.3, 0.4) is 0 Å². The highest BCUT2D eigenvalue weighted by Gasteiger charge is 2.13. The topological polar surface area (TPSA) is 197 Å². The minimum absolute atomic E-state index is 0.0730. The zero-order chi connectivity index (χ0) is 37.4. The second kappa shape index (κ2) is 19.2. The van der Waals surface area contributed by atoms with Gasteiger partial charge in [-0.15, -0.1) is 0 Å². The summed E-state index contributed by atoms with van der Waals surface area (Å²) < 4.78 is 24.4. The zero-order valence-corrected chi connectivity index (χ0v) is 28.5. The number of hydrogen-bond acceptors (Lipinski definition) is 12. The Morgan fingerprint density at radius 2 is 1.34 bits per heavy atom. The average Bonchev–Trinajstić information content (AvgIpc) is 3.16. The van der Waals surface area contributed by atoms with Gasteiger partial charge in [-0.2, -0.15) is 15.0 Å². The molecule has 0 saturated carbocycles. The molecule has 15 heteroatoms. The van der Waals surface area contributed by atoms with E-state index in [2.05, 4.69) is 36.2 Å². The van der Waals surface area contributed by atoms with Gasteiger partial charge in [0.2, 0.25) is 17.8 Å². The molecule has 6 N–H and O–H groups in total. The first-order valence-electron chi connectivity index (χ1n) is 16.7. The number of rotatable bonds is 20. The predicted molar refractivity (Wildman–Crippen MR) is 196 cm³/mol. The van der Waals surface area contributed by atoms with Crippen LogP contribution < -0.4 is 21.3 Å². The van der Waals surface area contributed by atoms with E-state index < -0.39 is 5.97 Å². The Morgan fingerprint density at radius 3 is 2.04 bits per heavy atom. The molecule has 1 aromatic heterocycles. The third-order valence-corrected chi connectivity index (χ3v) is 7.58. The summed E-state index contributed by atoms with van der Waals surface area (Å²) in [6.45, 7) is 2.03. The summed E-state index contributed by atoms with van der Waals surface area (Å²) in [4.78, 5) is 49.6. The van der Waals surface area contributed by atoms with E-state index in [1.165, 1.54) is 30.3 Å². The largest absolute Gasteiger partial charge is 0.507 e. The van der Waals surface area contributed by atoms with Gasteiger partial charge in [-0.25, -0.2) is 9.18 Å². The summed E-state index contributed by atoms with van der Waals surface area (Å²) in [6, 6.07) is 25.6. The van der Waals surface area contributed by atoms with Crippen molar-refractivity contribution in [2.24, 2.45) is 0 Å². The average molecular weight is 724 g/mol. The number of carbonyl (C=O) groups is 3. The first-order chi connectivity index (χ1) is 25.7. The van der Waals surface area contributed by atoms with Crippen LogP contribution in [-0.4, -0.2) is 75.8 Å². The number of amides is 1. The summed E-state index contributed by atoms with van der Waals surface area (Å²) in [5, 5.41) is 31.2. The molecule has 0 fully saturated rings. The third-order valence-electron chi connectivity index (χ3n) is 7.58. The number of Topliss-reactive ketones (excluding diaryl/α,β-unsaturated/α-hetero) is 1. The standard InChI is InChI=1S/C38H38FN7O7/c39-28-12-8-25(9-13-28)24-41-34(49)27-10-14-29(15-11-27)42-37-44-36(45-38(46-37)43-30-16-17-33(48)31(23-30)35(50)51)40-18-20-53-22-21-52-19-4-7-32(47)26-5-2-1-3-6-26/h1-3,5-6,8-17,23,48H,4,7,18-22,24H2,(H,41,49)(H,50,51)(H3,40,42,43,44,45,46). The van der Waals surface area contributed by atoms with E-state index in [-0.39, 0.29) is 53.2 Å². The van der Waals surface area contributed by atoms with Crippen LogP contribution in [0.15, 0.2) is 97.1 Å². The van der Waals surface area contributed by atoms with Gasteiger partial charge >= 0.3 is 5.97 Å². The quantitative estimate of drug-likeness (QED) is 0.0314. The minimum atomic E-state index is -1.30. The van der Waals surface area contributed by atoms with Crippen LogP contribution in [0, 0.1) is 5.82 Å². The lowest BCUT2D eigenvalue weighted by Crippen LogP contribution is -2.22. The Bertz CT molecular complexity index is 1980. The van der Waals surface area contributed by atoms with Gasteiger partial charge in [0.15, 0.2) is 5.78 Å². The number of anilines is 5. The van der Waals surface area contributed by atoms with Crippen LogP contribution in [0.2, 0.25) is 0 Å². The lowest BCUT2D eigenvalue weighted by atomic mass is 10.1. The summed E-state index contributed by atoms with van der Waals surface area (Å²) >= 11 is 0. The number of aromatic hydroxyl groups is 1. The SMILES string of the molecule is O=C(CCCOCCOCCNc1nc(Nc2ccc(C(=O)NCc3ccc(F)cc3)cc2)nc(Nc2ccc(O)c(C(=O)O)c2)n1)c1ccccc1. The van der Waals surface area contributed by atoms with Crippen molar-refractivity contribution in [2.75, 3.05) is 48.9 Å². The highest BCUT2D eigenvalue weighted by atomic mass is 19.1. The second-order valence-corrected chi connectivity index (χ2v) is 11.5. The normalized spacial score (nSPS) is 10.7. The van der Waals surface area contributed by atoms with Crippen LogP contribution in [0.4, 0.5) is 33.6 Å². The van der Waals surface area contributed by atoms with Gasteiger partial charge < -0.3 is 41.0 Å². The molecule has 5 aromatic rings. The molecular weight excluding hydrogens is 685 g/mol. The van der Waals surface area contributed by atoms with Crippen LogP contribution in [0.1, 0.15) is 49.5 Å². The van der Waals surface area contributed by atoms with E-state index in [9.17, 15) is 29.0 Å². The van der Waals surface area contributed by atoms with Gasteiger partial charge in [0.05, 0.1) is 19.8 Å². The Labute approximate surface area is 304 Å². The molecule has 0 aliphatic heterocycles. The summed E-state index contributed by atoms with van der Waals surface area (Å²) in [5.41, 5.74) is 2.43. The van der Waals surface area contributed by atoms with Crippen LogP contribution in [0.25, 0.3) is 0 Å². The molecule has 53 heavy (non-hydrogen) atoms. The molecule has 1 amide bonds. The Morgan fingerprint density at radius 1 is 0.698 bits per heavy atom. The third kappa shape index (κ3) is 12.1. The van der Waals surface area contributed by atoms with Crippen LogP contribution in [0.5, 0.6) is 5.75 Å². The first kappa shape index (κ1) is 37.8. The molecule has 274 valence electrons. The van der Waals surface area contributed by atoms with Gasteiger partial charge in [-0.1, -0.05) is 42.5 Å². The number of phenols is 1. The molecule has 0 unspecified atom stereocenters. The van der Waals surface area contributed by atoms with Crippen molar-refractivity contribution in [1.29, 1.82) is 0 Å². The molecule has 14 nitrogen and oxygen atoms in total. The summed E-state index contributed by atoms with van der Waals surface area (Å²) in [6.07, 6.45) is 1.02. The maximum absolute atomic E-state index is 13.2. The number of benzene rings is 4. The fourth-order valence-corrected chi connectivity index (χ4v) is 4.86. The van der Waals surface area contributed by atoms with Crippen LogP contribution in [-0.2, 0) is 16.0 Å². The molecule has 5 rings (SSSR count). The van der Waals surface area contributed by atoms with Gasteiger partial charge in [0.1, 0.15) is 17.1 Å². The van der Waals surface area contributed by atoms with Gasteiger partial charge in [0.25, 0.3) is 5.91 Å². The van der Waals surface area contributed by atoms with Crippen LogP contribution >= 0.6 is 0 Å². The highest BCUT2D eigenvalue weighted by molar-refractivity contribution is 5.96. The maximum atomic E-state index is 13.2. The van der Waals surface area contributed by atoms with E-state index >= 15 is 0 Å². The highest BCUT2D eigenvalue weighted by Crippen LogP contribution is 2.24. The first-order valence-corrected chi connectivity index (χ1v) is 16.7. The number of carbonyl (C=O) groups excluding carboxylic acids is 2.